The lowest BCUT2D eigenvalue weighted by Gasteiger charge is -2.13. The fourth-order valence-electron chi connectivity index (χ4n) is 1.78. The highest BCUT2D eigenvalue weighted by Crippen LogP contribution is 2.26. The van der Waals surface area contributed by atoms with Crippen molar-refractivity contribution < 1.29 is 19.1 Å². The van der Waals surface area contributed by atoms with Gasteiger partial charge in [0.1, 0.15) is 16.8 Å². The zero-order valence-electron chi connectivity index (χ0n) is 12.8. The molecule has 0 aliphatic carbocycles. The third-order valence-electron chi connectivity index (χ3n) is 3.06. The molecular weight excluding hydrogens is 396 g/mol. The molecule has 124 valence electrons. The Kier molecular flexibility index (Phi) is 5.95. The van der Waals surface area contributed by atoms with Crippen molar-refractivity contribution >= 4 is 44.1 Å². The number of nitriles is 1. The van der Waals surface area contributed by atoms with Gasteiger partial charge in [0, 0.05) is 0 Å². The number of hydrogen-bond donors (Lipinski definition) is 1. The van der Waals surface area contributed by atoms with E-state index in [9.17, 15) is 9.59 Å². The van der Waals surface area contributed by atoms with Crippen LogP contribution >= 0.6 is 27.3 Å². The van der Waals surface area contributed by atoms with Crippen LogP contribution in [0.5, 0.6) is 5.75 Å². The first kappa shape index (κ1) is 18.0. The van der Waals surface area contributed by atoms with Crippen molar-refractivity contribution in [2.24, 2.45) is 0 Å². The number of benzene rings is 1. The highest BCUT2D eigenvalue weighted by molar-refractivity contribution is 9.10. The number of thiophene rings is 1. The van der Waals surface area contributed by atoms with Gasteiger partial charge < -0.3 is 14.8 Å². The molecule has 0 radical (unpaired) electrons. The monoisotopic (exact) mass is 408 g/mol. The van der Waals surface area contributed by atoms with Gasteiger partial charge in [-0.15, -0.1) is 11.3 Å². The van der Waals surface area contributed by atoms with Crippen LogP contribution in [0.25, 0.3) is 0 Å². The number of methoxy groups -OCH3 is 1. The third kappa shape index (κ3) is 4.13. The number of nitrogens with zero attached hydrogens (tertiary/aromatic N) is 1. The molecular formula is C16H13BrN2O4S. The molecule has 0 saturated carbocycles. The average Bonchev–Trinajstić information content (AvgIpc) is 3.01. The highest BCUT2D eigenvalue weighted by Gasteiger charge is 2.21. The molecule has 0 aliphatic heterocycles. The van der Waals surface area contributed by atoms with Crippen LogP contribution in [0.4, 0.5) is 5.00 Å². The Labute approximate surface area is 151 Å². The van der Waals surface area contributed by atoms with Crippen molar-refractivity contribution in [1.82, 2.24) is 0 Å². The lowest BCUT2D eigenvalue weighted by molar-refractivity contribution is -0.123. The second-order valence-electron chi connectivity index (χ2n) is 4.66. The molecule has 0 unspecified atom stereocenters. The zero-order chi connectivity index (χ0) is 17.7. The van der Waals surface area contributed by atoms with Crippen molar-refractivity contribution in [2.75, 3.05) is 12.4 Å². The van der Waals surface area contributed by atoms with Gasteiger partial charge in [-0.2, -0.15) is 5.26 Å². The van der Waals surface area contributed by atoms with Gasteiger partial charge in [0.15, 0.2) is 6.10 Å². The Morgan fingerprint density at radius 1 is 1.38 bits per heavy atom. The molecule has 2 rings (SSSR count). The Morgan fingerprint density at radius 2 is 2.12 bits per heavy atom. The summed E-state index contributed by atoms with van der Waals surface area (Å²) in [5.41, 5.74) is 0.655. The van der Waals surface area contributed by atoms with Crippen LogP contribution in [0, 0.1) is 11.3 Å². The maximum absolute atomic E-state index is 12.1. The van der Waals surface area contributed by atoms with Crippen LogP contribution in [0.15, 0.2) is 34.1 Å². The molecule has 0 spiro atoms. The summed E-state index contributed by atoms with van der Waals surface area (Å²) in [5, 5.41) is 13.6. The van der Waals surface area contributed by atoms with Gasteiger partial charge in [-0.3, -0.25) is 4.79 Å². The summed E-state index contributed by atoms with van der Waals surface area (Å²) < 4.78 is 10.9. The van der Waals surface area contributed by atoms with Gasteiger partial charge in [0.2, 0.25) is 0 Å². The van der Waals surface area contributed by atoms with Gasteiger partial charge in [0.05, 0.1) is 22.7 Å². The van der Waals surface area contributed by atoms with E-state index in [1.165, 1.54) is 25.4 Å². The smallest absolute Gasteiger partial charge is 0.338 e. The number of carbonyl (C=O) groups is 2. The van der Waals surface area contributed by atoms with Crippen LogP contribution in [0.2, 0.25) is 0 Å². The molecule has 0 saturated heterocycles. The van der Waals surface area contributed by atoms with Crippen LogP contribution < -0.4 is 10.1 Å². The van der Waals surface area contributed by atoms with E-state index >= 15 is 0 Å². The second kappa shape index (κ2) is 7.95. The molecule has 0 bridgehead atoms. The van der Waals surface area contributed by atoms with Crippen LogP contribution in [-0.4, -0.2) is 25.1 Å². The number of halogens is 1. The summed E-state index contributed by atoms with van der Waals surface area (Å²) in [7, 11) is 1.52. The lowest BCUT2D eigenvalue weighted by atomic mass is 10.2. The number of nitrogens with one attached hydrogen (secondary N) is 1. The molecule has 2 aromatic rings. The minimum atomic E-state index is -1.01. The molecule has 0 aliphatic rings. The Hall–Kier alpha value is -2.37. The quantitative estimate of drug-likeness (QED) is 0.763. The third-order valence-corrected chi connectivity index (χ3v) is 4.51. The van der Waals surface area contributed by atoms with E-state index in [0.717, 1.165) is 0 Å². The number of esters is 1. The van der Waals surface area contributed by atoms with Gasteiger partial charge in [-0.05, 0) is 52.5 Å². The summed E-state index contributed by atoms with van der Waals surface area (Å²) in [4.78, 5) is 24.2. The fourth-order valence-corrected chi connectivity index (χ4v) is 3.06. The molecule has 8 heteroatoms. The van der Waals surface area contributed by atoms with E-state index in [1.807, 2.05) is 6.07 Å². The topological polar surface area (TPSA) is 88.4 Å². The zero-order valence-corrected chi connectivity index (χ0v) is 15.2. The summed E-state index contributed by atoms with van der Waals surface area (Å²) in [5.74, 6) is -0.554. The summed E-state index contributed by atoms with van der Waals surface area (Å²) in [6.07, 6.45) is -1.01. The maximum Gasteiger partial charge on any atom is 0.338 e. The van der Waals surface area contributed by atoms with E-state index in [4.69, 9.17) is 14.7 Å². The van der Waals surface area contributed by atoms with Gasteiger partial charge in [0.25, 0.3) is 5.91 Å². The number of rotatable bonds is 5. The number of amides is 1. The molecule has 1 amide bonds. The van der Waals surface area contributed by atoms with Crippen molar-refractivity contribution in [2.45, 2.75) is 13.0 Å². The van der Waals surface area contributed by atoms with Crippen molar-refractivity contribution in [1.29, 1.82) is 5.26 Å². The molecule has 24 heavy (non-hydrogen) atoms. The van der Waals surface area contributed by atoms with E-state index in [-0.39, 0.29) is 5.56 Å². The predicted molar refractivity (Wildman–Crippen MR) is 93.2 cm³/mol. The average molecular weight is 409 g/mol. The fraction of sp³-hybridized carbons (Fsp3) is 0.188. The van der Waals surface area contributed by atoms with E-state index in [0.29, 0.717) is 20.8 Å². The summed E-state index contributed by atoms with van der Waals surface area (Å²) in [6, 6.07) is 8.30. The van der Waals surface area contributed by atoms with Gasteiger partial charge in [-0.25, -0.2) is 4.79 Å². The number of carbonyl (C=O) groups excluding carboxylic acids is 2. The Bertz CT molecular complexity index is 813. The van der Waals surface area contributed by atoms with Crippen molar-refractivity contribution in [3.05, 3.63) is 45.2 Å². The van der Waals surface area contributed by atoms with E-state index < -0.39 is 18.0 Å². The molecule has 0 fully saturated rings. The molecule has 1 aromatic heterocycles. The van der Waals surface area contributed by atoms with Gasteiger partial charge >= 0.3 is 5.97 Å². The first-order chi connectivity index (χ1) is 11.5. The normalized spacial score (nSPS) is 11.2. The highest BCUT2D eigenvalue weighted by atomic mass is 79.9. The SMILES string of the molecule is COc1ccc(C(=O)O[C@@H](C)C(=O)Nc2sccc2C#N)cc1Br. The number of ether oxygens (including phenoxy) is 2. The molecule has 1 aromatic carbocycles. The standard InChI is InChI=1S/C16H13BrN2O4S/c1-9(14(20)19-15-11(8-18)5-6-24-15)23-16(21)10-3-4-13(22-2)12(17)7-10/h3-7,9H,1-2H3,(H,19,20)/t9-/m0/s1. The van der Waals surface area contributed by atoms with Crippen molar-refractivity contribution in [3.8, 4) is 11.8 Å². The first-order valence-corrected chi connectivity index (χ1v) is 8.46. The molecule has 1 atom stereocenters. The minimum Gasteiger partial charge on any atom is -0.496 e. The number of anilines is 1. The summed E-state index contributed by atoms with van der Waals surface area (Å²) in [6.45, 7) is 1.46. The lowest BCUT2D eigenvalue weighted by Crippen LogP contribution is -2.29. The van der Waals surface area contributed by atoms with Crippen molar-refractivity contribution in [3.63, 3.8) is 0 Å². The number of hydrogen-bond acceptors (Lipinski definition) is 6. The Balaban J connectivity index is 2.02. The Morgan fingerprint density at radius 3 is 2.75 bits per heavy atom. The maximum atomic E-state index is 12.1. The molecule has 6 nitrogen and oxygen atoms in total. The summed E-state index contributed by atoms with van der Waals surface area (Å²) >= 11 is 4.51. The largest absolute Gasteiger partial charge is 0.496 e. The van der Waals surface area contributed by atoms with Crippen LogP contribution in [0.1, 0.15) is 22.8 Å². The molecule has 1 heterocycles. The van der Waals surface area contributed by atoms with Crippen LogP contribution in [-0.2, 0) is 9.53 Å². The minimum absolute atomic E-state index is 0.288. The van der Waals surface area contributed by atoms with Gasteiger partial charge in [-0.1, -0.05) is 0 Å². The second-order valence-corrected chi connectivity index (χ2v) is 6.43. The van der Waals surface area contributed by atoms with E-state index in [1.54, 1.807) is 29.6 Å². The van der Waals surface area contributed by atoms with E-state index in [2.05, 4.69) is 21.2 Å². The predicted octanol–water partition coefficient (Wildman–Crippen LogP) is 3.57. The first-order valence-electron chi connectivity index (χ1n) is 6.79. The van der Waals surface area contributed by atoms with Crippen LogP contribution in [0.3, 0.4) is 0 Å². The molecule has 1 N–H and O–H groups in total.